The summed E-state index contributed by atoms with van der Waals surface area (Å²) >= 11 is 10.9. The van der Waals surface area contributed by atoms with E-state index in [4.69, 9.17) is 28.6 Å². The Morgan fingerprint density at radius 1 is 1.21 bits per heavy atom. The van der Waals surface area contributed by atoms with Gasteiger partial charge in [0.25, 0.3) is 5.91 Å². The van der Waals surface area contributed by atoms with Crippen LogP contribution in [-0.2, 0) is 4.79 Å². The summed E-state index contributed by atoms with van der Waals surface area (Å²) < 4.78 is 18.1. The lowest BCUT2D eigenvalue weighted by molar-refractivity contribution is -0.123. The molecule has 0 atom stereocenters. The van der Waals surface area contributed by atoms with Gasteiger partial charge in [-0.15, -0.1) is 0 Å². The summed E-state index contributed by atoms with van der Waals surface area (Å²) in [5, 5.41) is 3.59. The van der Waals surface area contributed by atoms with Gasteiger partial charge in [0.15, 0.2) is 11.7 Å². The Hall–Kier alpha value is -2.38. The molecule has 0 saturated heterocycles. The minimum atomic E-state index is -0.411. The molecule has 2 aromatic carbocycles. The maximum absolute atomic E-state index is 12.8. The van der Waals surface area contributed by atoms with E-state index in [1.807, 2.05) is 6.92 Å². The van der Waals surface area contributed by atoms with Gasteiger partial charge in [-0.3, -0.25) is 15.6 Å². The number of rotatable bonds is 4. The molecule has 2 rings (SSSR count). The van der Waals surface area contributed by atoms with Gasteiger partial charge >= 0.3 is 0 Å². The number of anilines is 1. The van der Waals surface area contributed by atoms with E-state index in [9.17, 15) is 9.18 Å². The first-order chi connectivity index (χ1) is 11.4. The van der Waals surface area contributed by atoms with E-state index >= 15 is 0 Å². The Morgan fingerprint density at radius 3 is 2.58 bits per heavy atom. The van der Waals surface area contributed by atoms with Gasteiger partial charge in [-0.25, -0.2) is 4.39 Å². The van der Waals surface area contributed by atoms with Gasteiger partial charge in [-0.1, -0.05) is 11.6 Å². The molecule has 0 unspecified atom stereocenters. The van der Waals surface area contributed by atoms with Gasteiger partial charge in [0.2, 0.25) is 0 Å². The third-order valence-electron chi connectivity index (χ3n) is 2.92. The highest BCUT2D eigenvalue weighted by molar-refractivity contribution is 7.80. The van der Waals surface area contributed by atoms with Crippen LogP contribution in [0.5, 0.6) is 5.75 Å². The minimum Gasteiger partial charge on any atom is -0.484 e. The number of hydrazine groups is 1. The zero-order valence-corrected chi connectivity index (χ0v) is 14.3. The van der Waals surface area contributed by atoms with Crippen molar-refractivity contribution < 1.29 is 13.9 Å². The largest absolute Gasteiger partial charge is 0.484 e. The average molecular weight is 368 g/mol. The van der Waals surface area contributed by atoms with Crippen LogP contribution in [0.4, 0.5) is 10.1 Å². The van der Waals surface area contributed by atoms with E-state index < -0.39 is 5.91 Å². The topological polar surface area (TPSA) is 62.4 Å². The quantitative estimate of drug-likeness (QED) is 0.572. The van der Waals surface area contributed by atoms with Crippen molar-refractivity contribution in [2.24, 2.45) is 0 Å². The lowest BCUT2D eigenvalue weighted by Crippen LogP contribution is -2.45. The first kappa shape index (κ1) is 18.0. The van der Waals surface area contributed by atoms with Crippen molar-refractivity contribution in [3.63, 3.8) is 0 Å². The molecule has 24 heavy (non-hydrogen) atoms. The highest BCUT2D eigenvalue weighted by atomic mass is 35.5. The molecule has 3 N–H and O–H groups in total. The number of halogens is 2. The monoisotopic (exact) mass is 367 g/mol. The van der Waals surface area contributed by atoms with Crippen LogP contribution in [0, 0.1) is 12.7 Å². The summed E-state index contributed by atoms with van der Waals surface area (Å²) in [4.78, 5) is 11.7. The van der Waals surface area contributed by atoms with E-state index in [1.54, 1.807) is 18.2 Å². The summed E-state index contributed by atoms with van der Waals surface area (Å²) in [5.41, 5.74) is 6.37. The van der Waals surface area contributed by atoms with Crippen molar-refractivity contribution in [1.82, 2.24) is 10.9 Å². The molecular formula is C16H15ClFN3O2S. The highest BCUT2D eigenvalue weighted by Gasteiger charge is 2.05. The fourth-order valence-corrected chi connectivity index (χ4v) is 2.00. The zero-order chi connectivity index (χ0) is 17.5. The summed E-state index contributed by atoms with van der Waals surface area (Å²) in [6, 6.07) is 10.8. The van der Waals surface area contributed by atoms with Crippen LogP contribution in [0.3, 0.4) is 0 Å². The second-order valence-corrected chi connectivity index (χ2v) is 5.65. The molecule has 0 heterocycles. The third kappa shape index (κ3) is 5.68. The second-order valence-electron chi connectivity index (χ2n) is 4.83. The van der Waals surface area contributed by atoms with Crippen LogP contribution in [0.25, 0.3) is 0 Å². The van der Waals surface area contributed by atoms with Crippen LogP contribution in [0.2, 0.25) is 5.02 Å². The van der Waals surface area contributed by atoms with Crippen molar-refractivity contribution in [2.45, 2.75) is 6.92 Å². The van der Waals surface area contributed by atoms with E-state index in [-0.39, 0.29) is 17.5 Å². The van der Waals surface area contributed by atoms with E-state index in [0.717, 1.165) is 5.56 Å². The summed E-state index contributed by atoms with van der Waals surface area (Å²) in [5.74, 6) is -0.216. The fraction of sp³-hybridized carbons (Fsp3) is 0.125. The number of benzene rings is 2. The second kappa shape index (κ2) is 8.47. The fourth-order valence-electron chi connectivity index (χ4n) is 1.71. The van der Waals surface area contributed by atoms with Crippen LogP contribution in [0.1, 0.15) is 5.56 Å². The molecule has 0 saturated carbocycles. The lowest BCUT2D eigenvalue weighted by atomic mass is 10.2. The maximum atomic E-state index is 12.8. The number of hydrogen-bond donors (Lipinski definition) is 3. The van der Waals surface area contributed by atoms with Crippen molar-refractivity contribution in [3.05, 3.63) is 58.9 Å². The molecule has 0 aliphatic heterocycles. The number of aryl methyl sites for hydroxylation is 1. The van der Waals surface area contributed by atoms with Crippen LogP contribution in [-0.4, -0.2) is 17.6 Å². The zero-order valence-electron chi connectivity index (χ0n) is 12.7. The first-order valence-electron chi connectivity index (χ1n) is 6.94. The van der Waals surface area contributed by atoms with Crippen LogP contribution in [0.15, 0.2) is 42.5 Å². The average Bonchev–Trinajstić information content (AvgIpc) is 2.56. The molecule has 1 amide bonds. The van der Waals surface area contributed by atoms with E-state index in [2.05, 4.69) is 16.2 Å². The molecule has 0 aliphatic carbocycles. The van der Waals surface area contributed by atoms with Gasteiger partial charge in [0.1, 0.15) is 11.6 Å². The normalized spacial score (nSPS) is 9.96. The molecular weight excluding hydrogens is 353 g/mol. The SMILES string of the molecule is Cc1cc(OCC(=O)NNC(=S)Nc2ccc(F)cc2)ccc1Cl. The smallest absolute Gasteiger partial charge is 0.276 e. The standard InChI is InChI=1S/C16H15ClFN3O2S/c1-10-8-13(6-7-14(10)17)23-9-15(22)20-21-16(24)19-12-4-2-11(18)3-5-12/h2-8H,9H2,1H3,(H,20,22)(H2,19,21,24). The molecule has 126 valence electrons. The molecule has 0 spiro atoms. The lowest BCUT2D eigenvalue weighted by Gasteiger charge is -2.12. The molecule has 0 aromatic heterocycles. The van der Waals surface area contributed by atoms with Crippen LogP contribution >= 0.6 is 23.8 Å². The van der Waals surface area contributed by atoms with Gasteiger partial charge in [0.05, 0.1) is 0 Å². The number of thiocarbonyl (C=S) groups is 1. The maximum Gasteiger partial charge on any atom is 0.276 e. The molecule has 5 nitrogen and oxygen atoms in total. The van der Waals surface area contributed by atoms with Gasteiger partial charge in [-0.2, -0.15) is 0 Å². The van der Waals surface area contributed by atoms with Gasteiger partial charge in [-0.05, 0) is 67.2 Å². The van der Waals surface area contributed by atoms with Gasteiger partial charge < -0.3 is 10.1 Å². The predicted molar refractivity (Wildman–Crippen MR) is 95.6 cm³/mol. The van der Waals surface area contributed by atoms with E-state index in [1.165, 1.54) is 24.3 Å². The minimum absolute atomic E-state index is 0.164. The highest BCUT2D eigenvalue weighted by Crippen LogP contribution is 2.20. The Kier molecular flexibility index (Phi) is 6.34. The summed E-state index contributed by atoms with van der Waals surface area (Å²) in [6.07, 6.45) is 0. The number of hydrogen-bond acceptors (Lipinski definition) is 3. The molecule has 0 fully saturated rings. The first-order valence-corrected chi connectivity index (χ1v) is 7.73. The van der Waals surface area contributed by atoms with Crippen molar-refractivity contribution in [2.75, 3.05) is 11.9 Å². The van der Waals surface area contributed by atoms with Crippen molar-refractivity contribution >= 4 is 40.5 Å². The van der Waals surface area contributed by atoms with E-state index in [0.29, 0.717) is 16.5 Å². The number of nitrogens with one attached hydrogen (secondary N) is 3. The molecule has 2 aromatic rings. The Bertz CT molecular complexity index is 741. The number of ether oxygens (including phenoxy) is 1. The van der Waals surface area contributed by atoms with Gasteiger partial charge in [0, 0.05) is 10.7 Å². The Morgan fingerprint density at radius 2 is 1.92 bits per heavy atom. The number of amides is 1. The molecule has 0 radical (unpaired) electrons. The predicted octanol–water partition coefficient (Wildman–Crippen LogP) is 3.18. The van der Waals surface area contributed by atoms with Crippen molar-refractivity contribution in [3.8, 4) is 5.75 Å². The molecule has 0 aliphatic rings. The molecule has 8 heteroatoms. The summed E-state index contributed by atoms with van der Waals surface area (Å²) in [7, 11) is 0. The number of carbonyl (C=O) groups excluding carboxylic acids is 1. The number of carbonyl (C=O) groups is 1. The molecule has 0 bridgehead atoms. The van der Waals surface area contributed by atoms with Crippen LogP contribution < -0.4 is 20.9 Å². The summed E-state index contributed by atoms with van der Waals surface area (Å²) in [6.45, 7) is 1.66. The van der Waals surface area contributed by atoms with Crippen molar-refractivity contribution in [1.29, 1.82) is 0 Å². The third-order valence-corrected chi connectivity index (χ3v) is 3.55. The Labute approximate surface area is 149 Å². The Balaban J connectivity index is 1.73.